The summed E-state index contributed by atoms with van der Waals surface area (Å²) in [6.45, 7) is 0. The third-order valence-corrected chi connectivity index (χ3v) is 17.1. The Morgan fingerprint density at radius 1 is 0.328 bits per heavy atom. The van der Waals surface area contributed by atoms with Gasteiger partial charge >= 0.3 is 0 Å². The lowest BCUT2D eigenvalue weighted by Crippen LogP contribution is -2.74. The molecule has 0 amide bonds. The quantitative estimate of drug-likeness (QED) is 0.104. The molecule has 0 spiro atoms. The van der Waals surface area contributed by atoms with Crippen molar-refractivity contribution in [3.63, 3.8) is 0 Å². The number of aromatic nitrogens is 1. The van der Waals surface area contributed by atoms with Crippen LogP contribution < -0.4 is 25.6 Å². The summed E-state index contributed by atoms with van der Waals surface area (Å²) in [6, 6.07) is 93.7. The van der Waals surface area contributed by atoms with Gasteiger partial charge in [0.15, 0.2) is 8.07 Å². The Morgan fingerprint density at radius 3 is 1.49 bits per heavy atom. The minimum atomic E-state index is -2.72. The summed E-state index contributed by atoms with van der Waals surface area (Å²) in [5, 5.41) is 10.3. The van der Waals surface area contributed by atoms with Crippen LogP contribution in [0.2, 0.25) is 0 Å². The predicted molar refractivity (Wildman–Crippen MR) is 262 cm³/mol. The average Bonchev–Trinajstić information content (AvgIpc) is 3.67. The number of fused-ring (bicyclic) bond motifs is 4. The molecule has 0 aliphatic heterocycles. The second kappa shape index (κ2) is 15.5. The van der Waals surface area contributed by atoms with Crippen molar-refractivity contribution in [2.75, 3.05) is 4.90 Å². The van der Waals surface area contributed by atoms with E-state index in [1.54, 1.807) is 0 Å². The highest BCUT2D eigenvalue weighted by Crippen LogP contribution is 2.43. The third-order valence-electron chi connectivity index (χ3n) is 12.3. The molecule has 0 radical (unpaired) electrons. The maximum atomic E-state index is 2.46. The standard InChI is InChI=1S/C58H42N2Si/c1-5-20-43(21-6-1)51-31-15-17-33-55(51)59(46-38-41-54-53-32-16-18-34-57(53)60(58(54)42-46)56-35-19-23-44-22-13-14-30-52(44)56)45-36-39-50(40-37-45)61(47-24-7-2-8-25-47,48-26-9-3-10-27-48)49-28-11-4-12-29-49/h1-42H. The molecule has 0 aliphatic rings. The van der Waals surface area contributed by atoms with E-state index < -0.39 is 8.07 Å². The first-order valence-electron chi connectivity index (χ1n) is 21.0. The monoisotopic (exact) mass is 794 g/mol. The van der Waals surface area contributed by atoms with E-state index in [1.165, 1.54) is 64.6 Å². The molecule has 0 aliphatic carbocycles. The minimum Gasteiger partial charge on any atom is -0.310 e. The van der Waals surface area contributed by atoms with Gasteiger partial charge < -0.3 is 9.47 Å². The molecular formula is C58H42N2Si. The molecule has 11 aromatic rings. The lowest BCUT2D eigenvalue weighted by Gasteiger charge is -2.35. The van der Waals surface area contributed by atoms with E-state index in [2.05, 4.69) is 264 Å². The molecule has 1 heterocycles. The van der Waals surface area contributed by atoms with Crippen molar-refractivity contribution >= 4 is 78.5 Å². The van der Waals surface area contributed by atoms with Gasteiger partial charge in [0.2, 0.25) is 0 Å². The Kier molecular flexibility index (Phi) is 9.22. The molecule has 288 valence electrons. The number of benzene rings is 10. The first kappa shape index (κ1) is 36.4. The fourth-order valence-electron chi connectivity index (χ4n) is 9.64. The fraction of sp³-hybridized carbons (Fsp3) is 0. The first-order chi connectivity index (χ1) is 30.3. The lowest BCUT2D eigenvalue weighted by molar-refractivity contribution is 1.19. The van der Waals surface area contributed by atoms with Crippen molar-refractivity contribution in [3.05, 3.63) is 255 Å². The normalized spacial score (nSPS) is 11.6. The Hall–Kier alpha value is -7.72. The van der Waals surface area contributed by atoms with Crippen molar-refractivity contribution in [3.8, 4) is 16.8 Å². The molecule has 1 aromatic heterocycles. The Morgan fingerprint density at radius 2 is 0.820 bits per heavy atom. The summed E-state index contributed by atoms with van der Waals surface area (Å²) in [7, 11) is -2.72. The van der Waals surface area contributed by atoms with Crippen LogP contribution in [0, 0.1) is 0 Å². The van der Waals surface area contributed by atoms with Crippen LogP contribution in [-0.4, -0.2) is 12.6 Å². The van der Waals surface area contributed by atoms with Gasteiger partial charge in [-0.1, -0.05) is 212 Å². The highest BCUT2D eigenvalue weighted by molar-refractivity contribution is 7.19. The molecule has 0 saturated carbocycles. The van der Waals surface area contributed by atoms with Crippen LogP contribution in [0.4, 0.5) is 17.1 Å². The van der Waals surface area contributed by atoms with E-state index in [-0.39, 0.29) is 0 Å². The van der Waals surface area contributed by atoms with Crippen molar-refractivity contribution in [2.24, 2.45) is 0 Å². The zero-order valence-corrected chi connectivity index (χ0v) is 34.6. The van der Waals surface area contributed by atoms with Gasteiger partial charge in [-0.25, -0.2) is 0 Å². The summed E-state index contributed by atoms with van der Waals surface area (Å²) in [5.74, 6) is 0. The SMILES string of the molecule is c1ccc(-c2ccccc2N(c2ccc([Si](c3ccccc3)(c3ccccc3)c3ccccc3)cc2)c2ccc3c4ccccc4n(-c4cccc5ccccc45)c3c2)cc1. The van der Waals surface area contributed by atoms with Crippen LogP contribution in [-0.2, 0) is 0 Å². The van der Waals surface area contributed by atoms with Gasteiger partial charge in [0.25, 0.3) is 0 Å². The summed E-state index contributed by atoms with van der Waals surface area (Å²) < 4.78 is 2.46. The van der Waals surface area contributed by atoms with Crippen LogP contribution in [0.1, 0.15) is 0 Å². The van der Waals surface area contributed by atoms with E-state index in [9.17, 15) is 0 Å². The maximum absolute atomic E-state index is 2.72. The number of hydrogen-bond donors (Lipinski definition) is 0. The molecule has 11 rings (SSSR count). The van der Waals surface area contributed by atoms with Crippen LogP contribution in [0.15, 0.2) is 255 Å². The lowest BCUT2D eigenvalue weighted by atomic mass is 10.0. The molecule has 0 atom stereocenters. The molecule has 0 unspecified atom stereocenters. The zero-order valence-electron chi connectivity index (χ0n) is 33.6. The number of rotatable bonds is 9. The van der Waals surface area contributed by atoms with Crippen molar-refractivity contribution in [2.45, 2.75) is 0 Å². The molecule has 0 N–H and O–H groups in total. The van der Waals surface area contributed by atoms with Gasteiger partial charge in [-0.15, -0.1) is 0 Å². The van der Waals surface area contributed by atoms with Crippen LogP contribution in [0.3, 0.4) is 0 Å². The minimum absolute atomic E-state index is 1.09. The molecule has 0 bridgehead atoms. The number of hydrogen-bond acceptors (Lipinski definition) is 1. The van der Waals surface area contributed by atoms with Gasteiger partial charge in [0.05, 0.1) is 22.4 Å². The Balaban J connectivity index is 1.16. The molecule has 61 heavy (non-hydrogen) atoms. The second-order valence-electron chi connectivity index (χ2n) is 15.7. The smallest absolute Gasteiger partial charge is 0.179 e. The molecule has 3 heteroatoms. The Bertz CT molecular complexity index is 3180. The summed E-state index contributed by atoms with van der Waals surface area (Å²) >= 11 is 0. The number of nitrogens with zero attached hydrogens (tertiary/aromatic N) is 2. The van der Waals surface area contributed by atoms with E-state index in [0.29, 0.717) is 0 Å². The maximum Gasteiger partial charge on any atom is 0.179 e. The fourth-order valence-corrected chi connectivity index (χ4v) is 14.4. The van der Waals surface area contributed by atoms with Crippen LogP contribution in [0.5, 0.6) is 0 Å². The summed E-state index contributed by atoms with van der Waals surface area (Å²) in [6.07, 6.45) is 0. The highest BCUT2D eigenvalue weighted by Gasteiger charge is 2.41. The molecule has 0 saturated heterocycles. The third kappa shape index (κ3) is 6.18. The number of anilines is 3. The van der Waals surface area contributed by atoms with Gasteiger partial charge in [-0.2, -0.15) is 0 Å². The first-order valence-corrected chi connectivity index (χ1v) is 23.0. The van der Waals surface area contributed by atoms with Crippen molar-refractivity contribution in [1.29, 1.82) is 0 Å². The van der Waals surface area contributed by atoms with Gasteiger partial charge in [-0.3, -0.25) is 0 Å². The van der Waals surface area contributed by atoms with Gasteiger partial charge in [0.1, 0.15) is 0 Å². The largest absolute Gasteiger partial charge is 0.310 e. The molecular weight excluding hydrogens is 753 g/mol. The Labute approximate surface area is 357 Å². The highest BCUT2D eigenvalue weighted by atomic mass is 28.3. The van der Waals surface area contributed by atoms with Crippen LogP contribution in [0.25, 0.3) is 49.4 Å². The second-order valence-corrected chi connectivity index (χ2v) is 19.5. The molecule has 0 fully saturated rings. The van der Waals surface area contributed by atoms with E-state index >= 15 is 0 Å². The van der Waals surface area contributed by atoms with Gasteiger partial charge in [0, 0.05) is 33.1 Å². The topological polar surface area (TPSA) is 8.17 Å². The molecule has 2 nitrogen and oxygen atoms in total. The van der Waals surface area contributed by atoms with Crippen LogP contribution >= 0.6 is 0 Å². The summed E-state index contributed by atoms with van der Waals surface area (Å²) in [5.41, 5.74) is 9.17. The average molecular weight is 795 g/mol. The van der Waals surface area contributed by atoms with E-state index in [0.717, 1.165) is 22.6 Å². The predicted octanol–water partition coefficient (Wildman–Crippen LogP) is 12.5. The van der Waals surface area contributed by atoms with E-state index in [4.69, 9.17) is 0 Å². The molecule has 10 aromatic carbocycles. The van der Waals surface area contributed by atoms with E-state index in [1.807, 2.05) is 0 Å². The zero-order chi connectivity index (χ0) is 40.6. The number of para-hydroxylation sites is 2. The van der Waals surface area contributed by atoms with Crippen molar-refractivity contribution < 1.29 is 0 Å². The summed E-state index contributed by atoms with van der Waals surface area (Å²) in [4.78, 5) is 2.45. The van der Waals surface area contributed by atoms with Gasteiger partial charge in [-0.05, 0) is 74.2 Å². The van der Waals surface area contributed by atoms with Crippen molar-refractivity contribution in [1.82, 2.24) is 4.57 Å².